The standard InChI is InChI=1S/C27H29N3O2S2/c1-5-13-32-22-11-12-23(19(4)14-22)25-20(17-30(28-25)21-9-7-6-8-10-21)15-24-26(31)29(16-18(2)3)27(33)34-24/h6-12,14-15,17-18H,5,13,16H2,1-4H3. The van der Waals surface area contributed by atoms with Crippen molar-refractivity contribution in [3.63, 3.8) is 0 Å². The van der Waals surface area contributed by atoms with E-state index in [1.165, 1.54) is 11.8 Å². The van der Waals surface area contributed by atoms with Gasteiger partial charge in [0, 0.05) is 23.9 Å². The van der Waals surface area contributed by atoms with Crippen LogP contribution in [0, 0.1) is 12.8 Å². The Balaban J connectivity index is 1.77. The number of aryl methyl sites for hydroxylation is 1. The molecular weight excluding hydrogens is 462 g/mol. The lowest BCUT2D eigenvalue weighted by atomic mass is 10.0. The first-order valence-corrected chi connectivity index (χ1v) is 12.7. The van der Waals surface area contributed by atoms with Gasteiger partial charge in [0.1, 0.15) is 15.8 Å². The molecule has 176 valence electrons. The summed E-state index contributed by atoms with van der Waals surface area (Å²) in [5.41, 5.74) is 4.71. The minimum absolute atomic E-state index is 0.0397. The van der Waals surface area contributed by atoms with Gasteiger partial charge in [0.2, 0.25) is 0 Å². The molecule has 1 aromatic heterocycles. The Morgan fingerprint density at radius 1 is 1.18 bits per heavy atom. The summed E-state index contributed by atoms with van der Waals surface area (Å²) in [6, 6.07) is 16.0. The van der Waals surface area contributed by atoms with Gasteiger partial charge in [0.25, 0.3) is 5.91 Å². The molecule has 2 heterocycles. The molecule has 0 atom stereocenters. The maximum atomic E-state index is 13.1. The van der Waals surface area contributed by atoms with Gasteiger partial charge in [-0.1, -0.05) is 63.0 Å². The normalized spacial score (nSPS) is 15.1. The second-order valence-corrected chi connectivity index (χ2v) is 10.4. The molecule has 7 heteroatoms. The van der Waals surface area contributed by atoms with Crippen molar-refractivity contribution in [3.8, 4) is 22.7 Å². The van der Waals surface area contributed by atoms with Gasteiger partial charge >= 0.3 is 0 Å². The topological polar surface area (TPSA) is 47.4 Å². The van der Waals surface area contributed by atoms with E-state index in [-0.39, 0.29) is 5.91 Å². The van der Waals surface area contributed by atoms with Crippen LogP contribution in [0.25, 0.3) is 23.0 Å². The van der Waals surface area contributed by atoms with E-state index in [2.05, 4.69) is 27.7 Å². The number of aromatic nitrogens is 2. The van der Waals surface area contributed by atoms with E-state index in [0.717, 1.165) is 40.2 Å². The lowest BCUT2D eigenvalue weighted by molar-refractivity contribution is -0.122. The Kier molecular flexibility index (Phi) is 7.54. The Bertz CT molecular complexity index is 1230. The Morgan fingerprint density at radius 2 is 1.94 bits per heavy atom. The molecule has 0 aliphatic carbocycles. The molecule has 4 rings (SSSR count). The highest BCUT2D eigenvalue weighted by Crippen LogP contribution is 2.36. The molecule has 1 saturated heterocycles. The summed E-state index contributed by atoms with van der Waals surface area (Å²) in [5.74, 6) is 1.15. The van der Waals surface area contributed by atoms with Gasteiger partial charge in [0.15, 0.2) is 0 Å². The van der Waals surface area contributed by atoms with E-state index in [0.29, 0.717) is 28.3 Å². The van der Waals surface area contributed by atoms with E-state index in [1.54, 1.807) is 4.90 Å². The number of hydrogen-bond acceptors (Lipinski definition) is 5. The average Bonchev–Trinajstić information content (AvgIpc) is 3.34. The Hall–Kier alpha value is -2.90. The van der Waals surface area contributed by atoms with Gasteiger partial charge in [-0.2, -0.15) is 5.10 Å². The number of rotatable bonds is 8. The molecule has 0 unspecified atom stereocenters. The van der Waals surface area contributed by atoms with Crippen molar-refractivity contribution < 1.29 is 9.53 Å². The van der Waals surface area contributed by atoms with Crippen molar-refractivity contribution >= 4 is 40.3 Å². The maximum Gasteiger partial charge on any atom is 0.266 e. The summed E-state index contributed by atoms with van der Waals surface area (Å²) in [4.78, 5) is 15.4. The smallest absolute Gasteiger partial charge is 0.266 e. The average molecular weight is 492 g/mol. The van der Waals surface area contributed by atoms with Crippen LogP contribution in [0.2, 0.25) is 0 Å². The fourth-order valence-corrected chi connectivity index (χ4v) is 5.06. The molecule has 5 nitrogen and oxygen atoms in total. The fraction of sp³-hybridized carbons (Fsp3) is 0.296. The maximum absolute atomic E-state index is 13.1. The van der Waals surface area contributed by atoms with Crippen molar-refractivity contribution in [2.75, 3.05) is 13.2 Å². The van der Waals surface area contributed by atoms with Crippen LogP contribution in [-0.2, 0) is 4.79 Å². The molecule has 0 radical (unpaired) electrons. The molecule has 2 aromatic carbocycles. The predicted molar refractivity (Wildman–Crippen MR) is 144 cm³/mol. The molecule has 3 aromatic rings. The van der Waals surface area contributed by atoms with Crippen LogP contribution in [-0.4, -0.2) is 38.1 Å². The molecule has 1 aliphatic rings. The van der Waals surface area contributed by atoms with Crippen LogP contribution in [0.1, 0.15) is 38.3 Å². The monoisotopic (exact) mass is 491 g/mol. The Morgan fingerprint density at radius 3 is 2.62 bits per heavy atom. The molecule has 0 bridgehead atoms. The molecule has 0 saturated carbocycles. The number of para-hydroxylation sites is 1. The number of ether oxygens (including phenoxy) is 1. The zero-order valence-corrected chi connectivity index (χ0v) is 21.6. The lowest BCUT2D eigenvalue weighted by Crippen LogP contribution is -2.31. The Labute approximate surface area is 210 Å². The third-order valence-electron chi connectivity index (χ3n) is 5.40. The third kappa shape index (κ3) is 5.26. The second-order valence-electron chi connectivity index (χ2n) is 8.72. The van der Waals surface area contributed by atoms with Crippen LogP contribution in [0.4, 0.5) is 0 Å². The first-order chi connectivity index (χ1) is 16.4. The minimum Gasteiger partial charge on any atom is -0.494 e. The van der Waals surface area contributed by atoms with E-state index in [4.69, 9.17) is 22.1 Å². The van der Waals surface area contributed by atoms with Gasteiger partial charge in [0.05, 0.1) is 17.2 Å². The predicted octanol–water partition coefficient (Wildman–Crippen LogP) is 6.49. The number of carbonyl (C=O) groups excluding carboxylic acids is 1. The van der Waals surface area contributed by atoms with E-state index in [9.17, 15) is 4.79 Å². The summed E-state index contributed by atoms with van der Waals surface area (Å²) in [7, 11) is 0. The number of amides is 1. The highest BCUT2D eigenvalue weighted by atomic mass is 32.2. The van der Waals surface area contributed by atoms with Crippen LogP contribution >= 0.6 is 24.0 Å². The summed E-state index contributed by atoms with van der Waals surface area (Å²) in [5, 5.41) is 4.92. The number of nitrogens with zero attached hydrogens (tertiary/aromatic N) is 3. The molecule has 1 amide bonds. The largest absolute Gasteiger partial charge is 0.494 e. The number of carbonyl (C=O) groups is 1. The van der Waals surface area contributed by atoms with Crippen molar-refractivity contribution in [2.45, 2.75) is 34.1 Å². The molecule has 0 spiro atoms. The summed E-state index contributed by atoms with van der Waals surface area (Å²) < 4.78 is 8.27. The number of hydrogen-bond donors (Lipinski definition) is 0. The van der Waals surface area contributed by atoms with Crippen molar-refractivity contribution in [1.82, 2.24) is 14.7 Å². The summed E-state index contributed by atoms with van der Waals surface area (Å²) in [6.45, 7) is 9.62. The zero-order chi connectivity index (χ0) is 24.2. The number of thiocarbonyl (C=S) groups is 1. The minimum atomic E-state index is -0.0397. The highest BCUT2D eigenvalue weighted by Gasteiger charge is 2.32. The van der Waals surface area contributed by atoms with E-state index in [1.807, 2.05) is 65.5 Å². The van der Waals surface area contributed by atoms with E-state index < -0.39 is 0 Å². The first-order valence-electron chi connectivity index (χ1n) is 11.5. The molecule has 1 aliphatic heterocycles. The van der Waals surface area contributed by atoms with Gasteiger partial charge in [-0.3, -0.25) is 9.69 Å². The summed E-state index contributed by atoms with van der Waals surface area (Å²) in [6.07, 6.45) is 4.85. The van der Waals surface area contributed by atoms with Crippen LogP contribution in [0.3, 0.4) is 0 Å². The molecular formula is C27H29N3O2S2. The molecule has 1 fully saturated rings. The zero-order valence-electron chi connectivity index (χ0n) is 19.9. The quantitative estimate of drug-likeness (QED) is 0.266. The van der Waals surface area contributed by atoms with E-state index >= 15 is 0 Å². The molecule has 0 N–H and O–H groups in total. The lowest BCUT2D eigenvalue weighted by Gasteiger charge is -2.16. The van der Waals surface area contributed by atoms with Crippen LogP contribution in [0.5, 0.6) is 5.75 Å². The van der Waals surface area contributed by atoms with Gasteiger partial charge < -0.3 is 4.74 Å². The van der Waals surface area contributed by atoms with Gasteiger partial charge in [-0.05, 0) is 61.2 Å². The second kappa shape index (κ2) is 10.6. The number of thioether (sulfide) groups is 1. The number of benzene rings is 2. The van der Waals surface area contributed by atoms with Crippen molar-refractivity contribution in [2.24, 2.45) is 5.92 Å². The van der Waals surface area contributed by atoms with Crippen molar-refractivity contribution in [1.29, 1.82) is 0 Å². The van der Waals surface area contributed by atoms with Crippen molar-refractivity contribution in [3.05, 3.63) is 70.8 Å². The first kappa shape index (κ1) is 24.2. The third-order valence-corrected chi connectivity index (χ3v) is 6.77. The van der Waals surface area contributed by atoms with Crippen LogP contribution in [0.15, 0.2) is 59.6 Å². The fourth-order valence-electron chi connectivity index (χ4n) is 3.79. The summed E-state index contributed by atoms with van der Waals surface area (Å²) >= 11 is 6.85. The highest BCUT2D eigenvalue weighted by molar-refractivity contribution is 8.26. The van der Waals surface area contributed by atoms with Gasteiger partial charge in [-0.15, -0.1) is 0 Å². The van der Waals surface area contributed by atoms with Gasteiger partial charge in [-0.25, -0.2) is 4.68 Å². The molecule has 34 heavy (non-hydrogen) atoms. The van der Waals surface area contributed by atoms with Crippen LogP contribution < -0.4 is 4.74 Å². The SMILES string of the molecule is CCCOc1ccc(-c2nn(-c3ccccc3)cc2C=C2SC(=S)N(CC(C)C)C2=O)c(C)c1.